The smallest absolute Gasteiger partial charge is 0.327 e. The number of likely N-dealkylation sites (tertiary alicyclic amines) is 1. The van der Waals surface area contributed by atoms with E-state index in [1.54, 1.807) is 4.90 Å². The number of aryl methyl sites for hydroxylation is 2. The third-order valence-corrected chi connectivity index (χ3v) is 6.28. The molecule has 0 N–H and O–H groups in total. The second-order valence-corrected chi connectivity index (χ2v) is 8.86. The van der Waals surface area contributed by atoms with Gasteiger partial charge in [0.1, 0.15) is 5.54 Å². The second kappa shape index (κ2) is 8.17. The van der Waals surface area contributed by atoms with Gasteiger partial charge in [-0.05, 0) is 50.7 Å². The van der Waals surface area contributed by atoms with Crippen LogP contribution in [-0.2, 0) is 16.0 Å². The second-order valence-electron chi connectivity index (χ2n) is 8.86. The number of likely N-dealkylation sites (N-methyl/N-ethyl adjacent to an activating group) is 1. The van der Waals surface area contributed by atoms with Crippen molar-refractivity contribution >= 4 is 17.8 Å². The molecule has 0 unspecified atom stereocenters. The zero-order chi connectivity index (χ0) is 21.3. The molecule has 4 amide bonds. The van der Waals surface area contributed by atoms with Crippen LogP contribution in [0.25, 0.3) is 0 Å². The Morgan fingerprint density at radius 2 is 1.79 bits per heavy atom. The van der Waals surface area contributed by atoms with Gasteiger partial charge in [-0.1, -0.05) is 37.6 Å². The topological polar surface area (TPSA) is 60.9 Å². The summed E-state index contributed by atoms with van der Waals surface area (Å²) in [5, 5.41) is 0. The summed E-state index contributed by atoms with van der Waals surface area (Å²) in [5.41, 5.74) is 2.54. The summed E-state index contributed by atoms with van der Waals surface area (Å²) in [4.78, 5) is 43.9. The van der Waals surface area contributed by atoms with Gasteiger partial charge in [0.2, 0.25) is 5.91 Å². The molecule has 0 radical (unpaired) electrons. The molecule has 6 nitrogen and oxygen atoms in total. The average molecular weight is 400 g/mol. The van der Waals surface area contributed by atoms with E-state index in [0.717, 1.165) is 16.7 Å². The van der Waals surface area contributed by atoms with Gasteiger partial charge in [0, 0.05) is 26.2 Å². The fourth-order valence-corrected chi connectivity index (χ4v) is 4.55. The lowest BCUT2D eigenvalue weighted by Gasteiger charge is -2.42. The van der Waals surface area contributed by atoms with E-state index in [9.17, 15) is 14.4 Å². The molecule has 2 aliphatic heterocycles. The Hall–Kier alpha value is -2.37. The first kappa shape index (κ1) is 21.3. The largest absolute Gasteiger partial charge is 0.342 e. The number of benzene rings is 1. The third kappa shape index (κ3) is 3.89. The Morgan fingerprint density at radius 1 is 1.14 bits per heavy atom. The summed E-state index contributed by atoms with van der Waals surface area (Å²) in [6.45, 7) is 12.0. The van der Waals surface area contributed by atoms with Crippen LogP contribution in [0.1, 0.15) is 50.3 Å². The molecule has 2 fully saturated rings. The van der Waals surface area contributed by atoms with E-state index < -0.39 is 5.54 Å². The standard InChI is InChI=1S/C23H33N3O3/c1-6-25-21(28)23(26(22(25)29)15-16(2)3)9-11-24(12-10-23)20(27)14-19-13-17(4)7-8-18(19)5/h7-8,13,16H,6,9-12,14-15H2,1-5H3. The lowest BCUT2D eigenvalue weighted by molar-refractivity contribution is -0.140. The van der Waals surface area contributed by atoms with E-state index in [4.69, 9.17) is 0 Å². The molecule has 0 aromatic heterocycles. The van der Waals surface area contributed by atoms with Crippen molar-refractivity contribution in [3.05, 3.63) is 34.9 Å². The number of rotatable bonds is 5. The van der Waals surface area contributed by atoms with Gasteiger partial charge in [0.25, 0.3) is 5.91 Å². The van der Waals surface area contributed by atoms with Crippen LogP contribution < -0.4 is 0 Å². The summed E-state index contributed by atoms with van der Waals surface area (Å²) in [7, 11) is 0. The Kier molecular flexibility index (Phi) is 6.01. The molecule has 1 spiro atoms. The first-order chi connectivity index (χ1) is 13.7. The summed E-state index contributed by atoms with van der Waals surface area (Å²) in [5.74, 6) is 0.282. The first-order valence-corrected chi connectivity index (χ1v) is 10.7. The van der Waals surface area contributed by atoms with Crippen LogP contribution in [0.5, 0.6) is 0 Å². The van der Waals surface area contributed by atoms with Gasteiger partial charge in [-0.3, -0.25) is 14.5 Å². The van der Waals surface area contributed by atoms with E-state index in [1.165, 1.54) is 4.90 Å². The van der Waals surface area contributed by atoms with Crippen LogP contribution >= 0.6 is 0 Å². The number of urea groups is 1. The summed E-state index contributed by atoms with van der Waals surface area (Å²) in [6, 6.07) is 6.00. The van der Waals surface area contributed by atoms with Gasteiger partial charge < -0.3 is 9.80 Å². The Labute approximate surface area is 173 Å². The van der Waals surface area contributed by atoms with Crippen molar-refractivity contribution in [2.75, 3.05) is 26.2 Å². The van der Waals surface area contributed by atoms with E-state index in [0.29, 0.717) is 45.4 Å². The van der Waals surface area contributed by atoms with E-state index in [-0.39, 0.29) is 23.8 Å². The molecule has 1 aromatic rings. The molecule has 158 valence electrons. The maximum absolute atomic E-state index is 13.1. The zero-order valence-electron chi connectivity index (χ0n) is 18.3. The van der Waals surface area contributed by atoms with Crippen LogP contribution in [0.4, 0.5) is 4.79 Å². The van der Waals surface area contributed by atoms with Crippen molar-refractivity contribution in [2.24, 2.45) is 5.92 Å². The number of imide groups is 1. The molecule has 0 atom stereocenters. The fourth-order valence-electron chi connectivity index (χ4n) is 4.55. The van der Waals surface area contributed by atoms with Gasteiger partial charge >= 0.3 is 6.03 Å². The highest BCUT2D eigenvalue weighted by atomic mass is 16.2. The monoisotopic (exact) mass is 399 g/mol. The third-order valence-electron chi connectivity index (χ3n) is 6.28. The van der Waals surface area contributed by atoms with Gasteiger partial charge in [-0.2, -0.15) is 0 Å². The maximum atomic E-state index is 13.1. The number of hydrogen-bond donors (Lipinski definition) is 0. The van der Waals surface area contributed by atoms with Crippen LogP contribution in [-0.4, -0.2) is 64.3 Å². The quantitative estimate of drug-likeness (QED) is 0.715. The molecule has 0 aliphatic carbocycles. The number of amides is 4. The molecule has 3 rings (SSSR count). The van der Waals surface area contributed by atoms with Gasteiger partial charge in [0.05, 0.1) is 6.42 Å². The number of nitrogens with zero attached hydrogens (tertiary/aromatic N) is 3. The molecule has 2 aliphatic rings. The van der Waals surface area contributed by atoms with Crippen LogP contribution in [0, 0.1) is 19.8 Å². The van der Waals surface area contributed by atoms with Crippen molar-refractivity contribution in [1.82, 2.24) is 14.7 Å². The molecular weight excluding hydrogens is 366 g/mol. The van der Waals surface area contributed by atoms with Crippen molar-refractivity contribution in [1.29, 1.82) is 0 Å². The molecule has 2 heterocycles. The number of piperidine rings is 1. The molecule has 29 heavy (non-hydrogen) atoms. The minimum atomic E-state index is -0.784. The highest BCUT2D eigenvalue weighted by Gasteiger charge is 2.57. The van der Waals surface area contributed by atoms with Crippen molar-refractivity contribution in [3.63, 3.8) is 0 Å². The highest BCUT2D eigenvalue weighted by molar-refractivity contribution is 6.07. The maximum Gasteiger partial charge on any atom is 0.327 e. The van der Waals surface area contributed by atoms with Gasteiger partial charge in [-0.15, -0.1) is 0 Å². The SMILES string of the molecule is CCN1C(=O)N(CC(C)C)C2(CCN(C(=O)Cc3cc(C)ccc3C)CC2)C1=O. The van der Waals surface area contributed by atoms with Gasteiger partial charge in [0.15, 0.2) is 0 Å². The van der Waals surface area contributed by atoms with E-state index in [2.05, 4.69) is 32.0 Å². The van der Waals surface area contributed by atoms with Crippen LogP contribution in [0.3, 0.4) is 0 Å². The van der Waals surface area contributed by atoms with Crippen molar-refractivity contribution in [2.45, 2.75) is 59.4 Å². The molecule has 1 aromatic carbocycles. The summed E-state index contributed by atoms with van der Waals surface area (Å²) in [6.07, 6.45) is 1.41. The highest BCUT2D eigenvalue weighted by Crippen LogP contribution is 2.38. The Morgan fingerprint density at radius 3 is 2.38 bits per heavy atom. The number of hydrogen-bond acceptors (Lipinski definition) is 3. The van der Waals surface area contributed by atoms with E-state index in [1.807, 2.05) is 25.7 Å². The fraction of sp³-hybridized carbons (Fsp3) is 0.609. The number of carbonyl (C=O) groups is 3. The molecule has 6 heteroatoms. The molecular formula is C23H33N3O3. The Bertz CT molecular complexity index is 810. The minimum Gasteiger partial charge on any atom is -0.342 e. The molecule has 0 bridgehead atoms. The van der Waals surface area contributed by atoms with Crippen molar-refractivity contribution in [3.8, 4) is 0 Å². The average Bonchev–Trinajstić information content (AvgIpc) is 2.86. The Balaban J connectivity index is 1.73. The zero-order valence-corrected chi connectivity index (χ0v) is 18.3. The minimum absolute atomic E-state index is 0.0905. The predicted molar refractivity (Wildman–Crippen MR) is 112 cm³/mol. The normalized spacial score (nSPS) is 19.0. The predicted octanol–water partition coefficient (Wildman–Crippen LogP) is 3.15. The van der Waals surface area contributed by atoms with Crippen molar-refractivity contribution < 1.29 is 14.4 Å². The summed E-state index contributed by atoms with van der Waals surface area (Å²) >= 11 is 0. The molecule has 0 saturated carbocycles. The molecule has 2 saturated heterocycles. The van der Waals surface area contributed by atoms with E-state index >= 15 is 0 Å². The number of carbonyl (C=O) groups excluding carboxylic acids is 3. The van der Waals surface area contributed by atoms with Gasteiger partial charge in [-0.25, -0.2) is 4.79 Å². The lowest BCUT2D eigenvalue weighted by atomic mass is 9.85. The lowest BCUT2D eigenvalue weighted by Crippen LogP contribution is -2.58. The first-order valence-electron chi connectivity index (χ1n) is 10.7. The summed E-state index contributed by atoms with van der Waals surface area (Å²) < 4.78 is 0. The van der Waals surface area contributed by atoms with Crippen LogP contribution in [0.2, 0.25) is 0 Å². The van der Waals surface area contributed by atoms with Crippen LogP contribution in [0.15, 0.2) is 18.2 Å².